The molecule has 0 heterocycles. The molecule has 0 aromatic heterocycles. The van der Waals surface area contributed by atoms with Gasteiger partial charge in [-0.25, -0.2) is 0 Å². The lowest BCUT2D eigenvalue weighted by molar-refractivity contribution is -0.286. The molecule has 96 valence electrons. The summed E-state index contributed by atoms with van der Waals surface area (Å²) >= 11 is 0. The third kappa shape index (κ3) is 4.69. The number of carboxylic acids is 1. The van der Waals surface area contributed by atoms with Crippen LogP contribution in [0, 0.1) is 5.92 Å². The van der Waals surface area contributed by atoms with E-state index in [1.165, 1.54) is 0 Å². The summed E-state index contributed by atoms with van der Waals surface area (Å²) in [6.07, 6.45) is -13.2. The monoisotopic (exact) mass is 253 g/mol. The highest BCUT2D eigenvalue weighted by Crippen LogP contribution is 2.41. The Morgan fingerprint density at radius 3 is 1.69 bits per heavy atom. The molecule has 0 fully saturated rings. The number of hydrogen-bond donors (Lipinski definition) is 2. The van der Waals surface area contributed by atoms with Crippen molar-refractivity contribution >= 4 is 5.97 Å². The normalized spacial score (nSPS) is 15.2. The fourth-order valence-corrected chi connectivity index (χ4v) is 0.983. The van der Waals surface area contributed by atoms with Gasteiger partial charge in [0, 0.05) is 0 Å². The Hall–Kier alpha value is -0.990. The highest BCUT2D eigenvalue weighted by Gasteiger charge is 2.56. The third-order valence-corrected chi connectivity index (χ3v) is 1.87. The van der Waals surface area contributed by atoms with E-state index < -0.39 is 43.1 Å². The molecule has 0 aliphatic carbocycles. The zero-order valence-electron chi connectivity index (χ0n) is 7.77. The van der Waals surface area contributed by atoms with Crippen molar-refractivity contribution in [2.24, 2.45) is 11.7 Å². The van der Waals surface area contributed by atoms with Crippen LogP contribution in [0.5, 0.6) is 0 Å². The van der Waals surface area contributed by atoms with E-state index in [1.54, 1.807) is 0 Å². The number of carbonyl (C=O) groups is 1. The number of rotatable bonds is 4. The van der Waals surface area contributed by atoms with Crippen LogP contribution in [0.2, 0.25) is 0 Å². The molecule has 0 spiro atoms. The van der Waals surface area contributed by atoms with Gasteiger partial charge in [0.25, 0.3) is 0 Å². The summed E-state index contributed by atoms with van der Waals surface area (Å²) < 4.78 is 71.8. The van der Waals surface area contributed by atoms with Gasteiger partial charge in [0.2, 0.25) is 0 Å². The minimum Gasteiger partial charge on any atom is -0.480 e. The molecule has 9 heteroatoms. The standard InChI is InChI=1S/C7H9F6NO2/c8-6(9,10)4(7(11,12)13)2-1-3(14)5(15)16/h3-4H,1-2,14H2,(H,15,16). The number of carboxylic acid groups (broad SMARTS) is 1. The Kier molecular flexibility index (Phi) is 4.59. The lowest BCUT2D eigenvalue weighted by atomic mass is 9.99. The SMILES string of the molecule is NC(CCC(C(F)(F)F)C(F)(F)F)C(=O)O. The predicted octanol–water partition coefficient (Wildman–Crippen LogP) is 1.92. The topological polar surface area (TPSA) is 63.3 Å². The molecule has 3 nitrogen and oxygen atoms in total. The lowest BCUT2D eigenvalue weighted by Gasteiger charge is -2.23. The summed E-state index contributed by atoms with van der Waals surface area (Å²) in [6, 6.07) is -1.73. The zero-order valence-corrected chi connectivity index (χ0v) is 7.77. The van der Waals surface area contributed by atoms with Crippen LogP contribution in [0.3, 0.4) is 0 Å². The first-order valence-corrected chi connectivity index (χ1v) is 4.08. The lowest BCUT2D eigenvalue weighted by Crippen LogP contribution is -2.39. The summed E-state index contributed by atoms with van der Waals surface area (Å²) in [5, 5.41) is 8.21. The van der Waals surface area contributed by atoms with Crippen LogP contribution in [0.15, 0.2) is 0 Å². The Bertz CT molecular complexity index is 234. The summed E-state index contributed by atoms with van der Waals surface area (Å²) in [4.78, 5) is 10.1. The molecule has 0 bridgehead atoms. The predicted molar refractivity (Wildman–Crippen MR) is 40.4 cm³/mol. The van der Waals surface area contributed by atoms with Crippen molar-refractivity contribution in [3.63, 3.8) is 0 Å². The third-order valence-electron chi connectivity index (χ3n) is 1.87. The molecule has 1 unspecified atom stereocenters. The molecule has 0 aromatic carbocycles. The molecule has 0 rings (SSSR count). The maximum atomic E-state index is 12.0. The van der Waals surface area contributed by atoms with Crippen molar-refractivity contribution in [2.75, 3.05) is 0 Å². The molecule has 0 aromatic rings. The molecule has 1 atom stereocenters. The molecule has 0 aliphatic rings. The average Bonchev–Trinajstić information content (AvgIpc) is 1.98. The quantitative estimate of drug-likeness (QED) is 0.752. The van der Waals surface area contributed by atoms with Crippen molar-refractivity contribution < 1.29 is 36.2 Å². The number of alkyl halides is 6. The average molecular weight is 253 g/mol. The summed E-state index contributed by atoms with van der Waals surface area (Å²) in [7, 11) is 0. The number of hydrogen-bond acceptors (Lipinski definition) is 2. The van der Waals surface area contributed by atoms with E-state index in [-0.39, 0.29) is 0 Å². The highest BCUT2D eigenvalue weighted by molar-refractivity contribution is 5.72. The molecular weight excluding hydrogens is 244 g/mol. The second-order valence-electron chi connectivity index (χ2n) is 3.16. The van der Waals surface area contributed by atoms with Crippen molar-refractivity contribution in [1.82, 2.24) is 0 Å². The van der Waals surface area contributed by atoms with Gasteiger partial charge in [-0.05, 0) is 12.8 Å². The minimum absolute atomic E-state index is 0.890. The molecule has 16 heavy (non-hydrogen) atoms. The van der Waals surface area contributed by atoms with Crippen LogP contribution in [-0.2, 0) is 4.79 Å². The summed E-state index contributed by atoms with van der Waals surface area (Å²) in [5.41, 5.74) is 4.82. The number of nitrogens with two attached hydrogens (primary N) is 1. The van der Waals surface area contributed by atoms with Crippen LogP contribution in [-0.4, -0.2) is 29.5 Å². The van der Waals surface area contributed by atoms with Gasteiger partial charge in [-0.2, -0.15) is 26.3 Å². The zero-order chi connectivity index (χ0) is 13.1. The van der Waals surface area contributed by atoms with E-state index in [9.17, 15) is 31.1 Å². The smallest absolute Gasteiger partial charge is 0.400 e. The van der Waals surface area contributed by atoms with E-state index in [1.807, 2.05) is 0 Å². The second kappa shape index (κ2) is 4.89. The Balaban J connectivity index is 4.54. The van der Waals surface area contributed by atoms with Gasteiger partial charge >= 0.3 is 18.3 Å². The van der Waals surface area contributed by atoms with Gasteiger partial charge in [0.15, 0.2) is 5.92 Å². The van der Waals surface area contributed by atoms with Crippen molar-refractivity contribution in [2.45, 2.75) is 31.2 Å². The van der Waals surface area contributed by atoms with E-state index in [0.717, 1.165) is 0 Å². The van der Waals surface area contributed by atoms with E-state index in [0.29, 0.717) is 0 Å². The largest absolute Gasteiger partial charge is 0.480 e. The Morgan fingerprint density at radius 2 is 1.44 bits per heavy atom. The van der Waals surface area contributed by atoms with Gasteiger partial charge in [-0.1, -0.05) is 0 Å². The van der Waals surface area contributed by atoms with Gasteiger partial charge in [-0.15, -0.1) is 0 Å². The van der Waals surface area contributed by atoms with Gasteiger partial charge in [0.1, 0.15) is 6.04 Å². The maximum absolute atomic E-state index is 12.0. The van der Waals surface area contributed by atoms with E-state index >= 15 is 0 Å². The highest BCUT2D eigenvalue weighted by atomic mass is 19.4. The number of halogens is 6. The Morgan fingerprint density at radius 1 is 1.06 bits per heavy atom. The van der Waals surface area contributed by atoms with Crippen LogP contribution < -0.4 is 5.73 Å². The maximum Gasteiger partial charge on any atom is 0.400 e. The first-order valence-electron chi connectivity index (χ1n) is 4.08. The van der Waals surface area contributed by atoms with Crippen LogP contribution in [0.4, 0.5) is 26.3 Å². The number of aliphatic carboxylic acids is 1. The van der Waals surface area contributed by atoms with Crippen molar-refractivity contribution in [3.8, 4) is 0 Å². The molecule has 0 saturated carbocycles. The molecule has 0 amide bonds. The first-order chi connectivity index (χ1) is 6.96. The summed E-state index contributed by atoms with van der Waals surface area (Å²) in [6.45, 7) is 0. The molecule has 0 aliphatic heterocycles. The van der Waals surface area contributed by atoms with Crippen molar-refractivity contribution in [3.05, 3.63) is 0 Å². The molecule has 0 radical (unpaired) electrons. The van der Waals surface area contributed by atoms with Gasteiger partial charge in [0.05, 0.1) is 0 Å². The van der Waals surface area contributed by atoms with Crippen LogP contribution in [0.25, 0.3) is 0 Å². The molecule has 3 N–H and O–H groups in total. The first kappa shape index (κ1) is 15.0. The van der Waals surface area contributed by atoms with Crippen LogP contribution >= 0.6 is 0 Å². The van der Waals surface area contributed by atoms with Crippen molar-refractivity contribution in [1.29, 1.82) is 0 Å². The fourth-order valence-electron chi connectivity index (χ4n) is 0.983. The second-order valence-corrected chi connectivity index (χ2v) is 3.16. The van der Waals surface area contributed by atoms with Crippen LogP contribution in [0.1, 0.15) is 12.8 Å². The minimum atomic E-state index is -5.45. The van der Waals surface area contributed by atoms with E-state index in [4.69, 9.17) is 10.8 Å². The van der Waals surface area contributed by atoms with Gasteiger partial charge in [-0.3, -0.25) is 4.79 Å². The van der Waals surface area contributed by atoms with E-state index in [2.05, 4.69) is 0 Å². The van der Waals surface area contributed by atoms with Gasteiger partial charge < -0.3 is 10.8 Å². The Labute approximate surface area is 86.2 Å². The fraction of sp³-hybridized carbons (Fsp3) is 0.857. The molecule has 0 saturated heterocycles. The summed E-state index contributed by atoms with van der Waals surface area (Å²) in [5.74, 6) is -5.17. The molecular formula is C7H9F6NO2.